The van der Waals surface area contributed by atoms with Crippen LogP contribution in [0.2, 0.25) is 0 Å². The Morgan fingerprint density at radius 2 is 1.81 bits per heavy atom. The average Bonchev–Trinajstić information content (AvgIpc) is 3.08. The van der Waals surface area contributed by atoms with Crippen LogP contribution in [0.3, 0.4) is 0 Å². The maximum Gasteiger partial charge on any atom is 0.356 e. The number of aromatic nitrogens is 3. The summed E-state index contributed by atoms with van der Waals surface area (Å²) in [5.74, 6) is 1.26. The SMILES string of the molecule is Cc1ccc(/C=N/n2c(=O)n(-c3ccncc3)c(=O)c3ccccc32)o1. The van der Waals surface area contributed by atoms with Gasteiger partial charge in [0.2, 0.25) is 0 Å². The predicted molar refractivity (Wildman–Crippen MR) is 98.0 cm³/mol. The van der Waals surface area contributed by atoms with Crippen molar-refractivity contribution in [1.82, 2.24) is 14.2 Å². The van der Waals surface area contributed by atoms with Crippen molar-refractivity contribution >= 4 is 17.1 Å². The van der Waals surface area contributed by atoms with Gasteiger partial charge in [-0.1, -0.05) is 12.1 Å². The van der Waals surface area contributed by atoms with E-state index < -0.39 is 11.2 Å². The smallest absolute Gasteiger partial charge is 0.356 e. The third kappa shape index (κ3) is 2.65. The first-order valence-corrected chi connectivity index (χ1v) is 7.93. The van der Waals surface area contributed by atoms with E-state index in [1.165, 1.54) is 23.3 Å². The number of benzene rings is 1. The molecule has 0 bridgehead atoms. The van der Waals surface area contributed by atoms with Crippen molar-refractivity contribution in [3.63, 3.8) is 0 Å². The van der Waals surface area contributed by atoms with Crippen LogP contribution in [0.4, 0.5) is 0 Å². The Bertz CT molecular complexity index is 1230. The zero-order valence-electron chi connectivity index (χ0n) is 13.9. The van der Waals surface area contributed by atoms with Gasteiger partial charge in [0.05, 0.1) is 22.8 Å². The standard InChI is InChI=1S/C19H14N4O3/c1-13-6-7-15(26-13)12-21-23-17-5-3-2-4-16(17)18(24)22(19(23)25)14-8-10-20-11-9-14/h2-12H,1H3/b21-12+. The lowest BCUT2D eigenvalue weighted by Gasteiger charge is -2.10. The lowest BCUT2D eigenvalue weighted by atomic mass is 10.2. The molecule has 0 saturated heterocycles. The lowest BCUT2D eigenvalue weighted by molar-refractivity contribution is 0.527. The fraction of sp³-hybridized carbons (Fsp3) is 0.0526. The molecule has 7 nitrogen and oxygen atoms in total. The first-order chi connectivity index (χ1) is 12.6. The maximum absolute atomic E-state index is 13.0. The van der Waals surface area contributed by atoms with Gasteiger partial charge in [0.15, 0.2) is 0 Å². The molecule has 0 aliphatic heterocycles. The van der Waals surface area contributed by atoms with Gasteiger partial charge in [-0.15, -0.1) is 0 Å². The summed E-state index contributed by atoms with van der Waals surface area (Å²) in [5, 5.41) is 4.64. The Hall–Kier alpha value is -3.74. The molecule has 0 N–H and O–H groups in total. The minimum absolute atomic E-state index is 0.386. The number of fused-ring (bicyclic) bond motifs is 1. The fourth-order valence-electron chi connectivity index (χ4n) is 2.71. The number of nitrogens with zero attached hydrogens (tertiary/aromatic N) is 4. The van der Waals surface area contributed by atoms with Crippen molar-refractivity contribution in [3.05, 3.63) is 93.3 Å². The van der Waals surface area contributed by atoms with E-state index in [0.29, 0.717) is 22.4 Å². The molecule has 0 atom stereocenters. The number of hydrogen-bond donors (Lipinski definition) is 0. The number of para-hydroxylation sites is 1. The monoisotopic (exact) mass is 346 g/mol. The Labute approximate surface area is 147 Å². The molecule has 0 saturated carbocycles. The predicted octanol–water partition coefficient (Wildman–Crippen LogP) is 2.33. The minimum Gasteiger partial charge on any atom is -0.460 e. The van der Waals surface area contributed by atoms with Gasteiger partial charge < -0.3 is 4.42 Å². The van der Waals surface area contributed by atoms with E-state index in [4.69, 9.17) is 4.42 Å². The van der Waals surface area contributed by atoms with Gasteiger partial charge in [-0.2, -0.15) is 9.78 Å². The van der Waals surface area contributed by atoms with Crippen molar-refractivity contribution in [3.8, 4) is 5.69 Å². The number of furan rings is 1. The van der Waals surface area contributed by atoms with Gasteiger partial charge in [0.1, 0.15) is 11.5 Å². The number of aryl methyl sites for hydroxylation is 1. The van der Waals surface area contributed by atoms with Gasteiger partial charge in [0.25, 0.3) is 5.56 Å². The highest BCUT2D eigenvalue weighted by Gasteiger charge is 2.13. The van der Waals surface area contributed by atoms with E-state index in [-0.39, 0.29) is 0 Å². The average molecular weight is 346 g/mol. The molecule has 0 radical (unpaired) electrons. The van der Waals surface area contributed by atoms with E-state index in [9.17, 15) is 9.59 Å². The van der Waals surface area contributed by atoms with Crippen LogP contribution < -0.4 is 11.2 Å². The summed E-state index contributed by atoms with van der Waals surface area (Å²) in [5.41, 5.74) is -0.123. The summed E-state index contributed by atoms with van der Waals surface area (Å²) < 4.78 is 7.72. The quantitative estimate of drug-likeness (QED) is 0.533. The number of rotatable bonds is 3. The van der Waals surface area contributed by atoms with Crippen LogP contribution in [0.25, 0.3) is 16.6 Å². The molecule has 26 heavy (non-hydrogen) atoms. The molecule has 0 spiro atoms. The van der Waals surface area contributed by atoms with Crippen LogP contribution in [-0.4, -0.2) is 20.4 Å². The highest BCUT2D eigenvalue weighted by Crippen LogP contribution is 2.10. The van der Waals surface area contributed by atoms with Crippen molar-refractivity contribution < 1.29 is 4.42 Å². The third-order valence-corrected chi connectivity index (χ3v) is 3.92. The summed E-state index contributed by atoms with van der Waals surface area (Å²) in [7, 11) is 0. The van der Waals surface area contributed by atoms with E-state index in [2.05, 4.69) is 10.1 Å². The van der Waals surface area contributed by atoms with Gasteiger partial charge in [-0.05, 0) is 43.3 Å². The molecular weight excluding hydrogens is 332 g/mol. The Kier molecular flexibility index (Phi) is 3.81. The maximum atomic E-state index is 13.0. The highest BCUT2D eigenvalue weighted by molar-refractivity contribution is 5.80. The largest absolute Gasteiger partial charge is 0.460 e. The van der Waals surface area contributed by atoms with E-state index in [1.54, 1.807) is 48.5 Å². The Morgan fingerprint density at radius 1 is 1.04 bits per heavy atom. The summed E-state index contributed by atoms with van der Waals surface area (Å²) >= 11 is 0. The molecule has 0 amide bonds. The van der Waals surface area contributed by atoms with Gasteiger partial charge in [-0.25, -0.2) is 9.36 Å². The summed E-state index contributed by atoms with van der Waals surface area (Å²) in [6.07, 6.45) is 4.49. The molecule has 3 heterocycles. The molecule has 0 fully saturated rings. The summed E-state index contributed by atoms with van der Waals surface area (Å²) in [6.45, 7) is 1.82. The minimum atomic E-state index is -0.570. The lowest BCUT2D eigenvalue weighted by Crippen LogP contribution is -2.37. The second kappa shape index (κ2) is 6.29. The van der Waals surface area contributed by atoms with Crippen molar-refractivity contribution in [2.75, 3.05) is 0 Å². The summed E-state index contributed by atoms with van der Waals surface area (Å²) in [6, 6.07) is 13.6. The Morgan fingerprint density at radius 3 is 2.54 bits per heavy atom. The van der Waals surface area contributed by atoms with E-state index >= 15 is 0 Å². The van der Waals surface area contributed by atoms with Crippen LogP contribution in [0, 0.1) is 6.92 Å². The van der Waals surface area contributed by atoms with Gasteiger partial charge in [-0.3, -0.25) is 9.78 Å². The first-order valence-electron chi connectivity index (χ1n) is 7.93. The van der Waals surface area contributed by atoms with Crippen molar-refractivity contribution in [2.24, 2.45) is 5.10 Å². The number of hydrogen-bond acceptors (Lipinski definition) is 5. The molecular formula is C19H14N4O3. The first kappa shape index (κ1) is 15.8. The normalized spacial score (nSPS) is 11.4. The molecule has 0 aliphatic rings. The van der Waals surface area contributed by atoms with Crippen LogP contribution in [0.5, 0.6) is 0 Å². The van der Waals surface area contributed by atoms with Crippen molar-refractivity contribution in [2.45, 2.75) is 6.92 Å². The molecule has 4 aromatic rings. The zero-order valence-corrected chi connectivity index (χ0v) is 13.9. The molecule has 7 heteroatoms. The van der Waals surface area contributed by atoms with Crippen LogP contribution in [0.1, 0.15) is 11.5 Å². The van der Waals surface area contributed by atoms with Crippen LogP contribution in [-0.2, 0) is 0 Å². The highest BCUT2D eigenvalue weighted by atomic mass is 16.3. The summed E-state index contributed by atoms with van der Waals surface area (Å²) in [4.78, 5) is 29.8. The fourth-order valence-corrected chi connectivity index (χ4v) is 2.71. The molecule has 0 aliphatic carbocycles. The van der Waals surface area contributed by atoms with Crippen molar-refractivity contribution in [1.29, 1.82) is 0 Å². The molecule has 4 rings (SSSR count). The second-order valence-corrected chi connectivity index (χ2v) is 5.65. The van der Waals surface area contributed by atoms with E-state index in [1.807, 2.05) is 6.92 Å². The third-order valence-electron chi connectivity index (χ3n) is 3.92. The van der Waals surface area contributed by atoms with Crippen LogP contribution in [0.15, 0.2) is 80.0 Å². The van der Waals surface area contributed by atoms with Crippen LogP contribution >= 0.6 is 0 Å². The van der Waals surface area contributed by atoms with Gasteiger partial charge in [0, 0.05) is 12.4 Å². The molecule has 1 aromatic carbocycles. The molecule has 3 aromatic heterocycles. The number of pyridine rings is 1. The molecule has 128 valence electrons. The van der Waals surface area contributed by atoms with Gasteiger partial charge >= 0.3 is 5.69 Å². The topological polar surface area (TPSA) is 82.4 Å². The van der Waals surface area contributed by atoms with E-state index in [0.717, 1.165) is 10.3 Å². The second-order valence-electron chi connectivity index (χ2n) is 5.65. The zero-order chi connectivity index (χ0) is 18.1. The molecule has 0 unspecified atom stereocenters. The Balaban J connectivity index is 2.01.